The highest BCUT2D eigenvalue weighted by molar-refractivity contribution is 7.70. The first kappa shape index (κ1) is 35.8. The van der Waals surface area contributed by atoms with Crippen LogP contribution in [0.2, 0.25) is 0 Å². The van der Waals surface area contributed by atoms with Crippen LogP contribution in [0.5, 0.6) is 5.75 Å². The molecule has 0 bridgehead atoms. The van der Waals surface area contributed by atoms with E-state index in [2.05, 4.69) is 10.6 Å². The zero-order valence-electron chi connectivity index (χ0n) is 25.8. The van der Waals surface area contributed by atoms with Crippen LogP contribution in [0, 0.1) is 5.92 Å². The van der Waals surface area contributed by atoms with Gasteiger partial charge in [0.2, 0.25) is 11.8 Å². The van der Waals surface area contributed by atoms with Crippen molar-refractivity contribution in [1.29, 1.82) is 0 Å². The third-order valence-corrected chi connectivity index (χ3v) is 12.3. The van der Waals surface area contributed by atoms with E-state index < -0.39 is 50.4 Å². The predicted octanol–water partition coefficient (Wildman–Crippen LogP) is 3.73. The smallest absolute Gasteiger partial charge is 0.345 e. The molecule has 0 aromatic heterocycles. The third-order valence-electron chi connectivity index (χ3n) is 8.64. The van der Waals surface area contributed by atoms with Gasteiger partial charge in [-0.2, -0.15) is 0 Å². The van der Waals surface area contributed by atoms with Gasteiger partial charge in [-0.05, 0) is 72.4 Å². The number of amides is 3. The topological polar surface area (TPSA) is 226 Å². The van der Waals surface area contributed by atoms with Gasteiger partial charge in [0.05, 0.1) is 18.2 Å². The van der Waals surface area contributed by atoms with E-state index in [0.717, 1.165) is 43.2 Å². The molecule has 0 heterocycles. The summed E-state index contributed by atoms with van der Waals surface area (Å²) in [6, 6.07) is 7.20. The van der Waals surface area contributed by atoms with Crippen molar-refractivity contribution in [3.63, 3.8) is 0 Å². The minimum Gasteiger partial charge on any atom is -0.492 e. The Balaban J connectivity index is 1.54. The van der Waals surface area contributed by atoms with Gasteiger partial charge in [0.15, 0.2) is 5.40 Å². The quantitative estimate of drug-likeness (QED) is 0.127. The molecule has 1 fully saturated rings. The first-order chi connectivity index (χ1) is 21.6. The van der Waals surface area contributed by atoms with Gasteiger partial charge >= 0.3 is 15.2 Å². The van der Waals surface area contributed by atoms with E-state index in [1.807, 2.05) is 6.07 Å². The molecule has 8 N–H and O–H groups in total. The number of carbonyl (C=O) groups excluding carboxylic acids is 3. The molecule has 0 unspecified atom stereocenters. The van der Waals surface area contributed by atoms with E-state index in [0.29, 0.717) is 30.3 Å². The molecule has 2 aromatic carbocycles. The van der Waals surface area contributed by atoms with Gasteiger partial charge in [-0.15, -0.1) is 0 Å². The molecule has 15 heteroatoms. The Bertz CT molecular complexity index is 1490. The van der Waals surface area contributed by atoms with Crippen LogP contribution in [0.4, 0.5) is 0 Å². The Hall–Kier alpha value is -3.05. The summed E-state index contributed by atoms with van der Waals surface area (Å²) in [5.41, 5.74) is 7.94. The largest absolute Gasteiger partial charge is 0.492 e. The van der Waals surface area contributed by atoms with E-state index in [-0.39, 0.29) is 17.5 Å². The van der Waals surface area contributed by atoms with Crippen molar-refractivity contribution in [2.24, 2.45) is 11.7 Å². The number of ether oxygens (including phenoxy) is 1. The number of benzene rings is 2. The lowest BCUT2D eigenvalue weighted by molar-refractivity contribution is -0.128. The molecule has 0 radical (unpaired) electrons. The molecule has 1 saturated carbocycles. The predicted molar refractivity (Wildman–Crippen MR) is 170 cm³/mol. The van der Waals surface area contributed by atoms with Crippen molar-refractivity contribution in [3.05, 3.63) is 64.2 Å². The minimum atomic E-state index is -5.19. The van der Waals surface area contributed by atoms with Crippen LogP contribution in [-0.4, -0.2) is 49.9 Å². The highest BCUT2D eigenvalue weighted by atomic mass is 31.2. The lowest BCUT2D eigenvalue weighted by atomic mass is 9.90. The van der Waals surface area contributed by atoms with Gasteiger partial charge in [0.1, 0.15) is 11.8 Å². The molecule has 4 rings (SSSR count). The van der Waals surface area contributed by atoms with Crippen LogP contribution in [0.1, 0.15) is 102 Å². The van der Waals surface area contributed by atoms with Gasteiger partial charge in [-0.3, -0.25) is 23.5 Å². The van der Waals surface area contributed by atoms with Crippen LogP contribution < -0.4 is 21.1 Å². The molecule has 2 aliphatic rings. The number of aryl methyl sites for hydroxylation is 1. The molecule has 2 aliphatic carbocycles. The fourth-order valence-electron chi connectivity index (χ4n) is 6.40. The summed E-state index contributed by atoms with van der Waals surface area (Å²) in [5, 5.41) is 3.35. The fourth-order valence-corrected chi connectivity index (χ4v) is 9.08. The van der Waals surface area contributed by atoms with Crippen molar-refractivity contribution in [2.45, 2.75) is 88.6 Å². The van der Waals surface area contributed by atoms with E-state index >= 15 is 0 Å². The SMILES string of the molecule is CC(=O)N[C@@H](Cc1ccc(C(P(=O)(O)O)P(=O)(O)O)cc1)C(=O)N[C@H]1CCCCc2cc(OCC3CCCCC3)c(C(N)=O)cc21. The number of nitrogens with two attached hydrogens (primary N) is 1. The number of rotatable bonds is 12. The second-order valence-electron chi connectivity index (χ2n) is 12.3. The Kier molecular flexibility index (Phi) is 11.9. The number of hydrogen-bond donors (Lipinski definition) is 7. The highest BCUT2D eigenvalue weighted by Crippen LogP contribution is 2.69. The molecular weight excluding hydrogens is 636 g/mol. The van der Waals surface area contributed by atoms with E-state index in [1.54, 1.807) is 6.07 Å². The lowest BCUT2D eigenvalue weighted by Gasteiger charge is -2.26. The van der Waals surface area contributed by atoms with E-state index in [9.17, 15) is 43.1 Å². The average Bonchev–Trinajstić information content (AvgIpc) is 3.16. The molecule has 2 atom stereocenters. The Labute approximate surface area is 268 Å². The van der Waals surface area contributed by atoms with Gasteiger partial charge < -0.3 is 40.7 Å². The number of fused-ring (bicyclic) bond motifs is 1. The summed E-state index contributed by atoms with van der Waals surface area (Å²) < 4.78 is 29.7. The molecule has 0 spiro atoms. The molecule has 2 aromatic rings. The van der Waals surface area contributed by atoms with Crippen LogP contribution in [0.25, 0.3) is 0 Å². The van der Waals surface area contributed by atoms with E-state index in [1.165, 1.54) is 50.5 Å². The number of primary amides is 1. The zero-order valence-corrected chi connectivity index (χ0v) is 27.6. The van der Waals surface area contributed by atoms with Crippen molar-refractivity contribution in [1.82, 2.24) is 10.6 Å². The maximum Gasteiger partial charge on any atom is 0.345 e. The van der Waals surface area contributed by atoms with Crippen LogP contribution in [-0.2, 0) is 31.6 Å². The molecular formula is C31H43N3O10P2. The Morgan fingerprint density at radius 3 is 2.15 bits per heavy atom. The van der Waals surface area contributed by atoms with Gasteiger partial charge in [0, 0.05) is 13.3 Å². The molecule has 13 nitrogen and oxygen atoms in total. The van der Waals surface area contributed by atoms with Crippen LogP contribution in [0.15, 0.2) is 36.4 Å². The fraction of sp³-hybridized carbons (Fsp3) is 0.516. The van der Waals surface area contributed by atoms with Crippen molar-refractivity contribution >= 4 is 32.9 Å². The van der Waals surface area contributed by atoms with Crippen molar-refractivity contribution in [3.8, 4) is 5.75 Å². The molecule has 0 aliphatic heterocycles. The van der Waals surface area contributed by atoms with Crippen LogP contribution >= 0.6 is 15.2 Å². The van der Waals surface area contributed by atoms with Gasteiger partial charge in [0.25, 0.3) is 5.91 Å². The first-order valence-electron chi connectivity index (χ1n) is 15.5. The van der Waals surface area contributed by atoms with E-state index in [4.69, 9.17) is 10.5 Å². The Morgan fingerprint density at radius 1 is 0.935 bits per heavy atom. The maximum absolute atomic E-state index is 13.6. The zero-order chi connectivity index (χ0) is 33.6. The summed E-state index contributed by atoms with van der Waals surface area (Å²) >= 11 is 0. The number of nitrogens with one attached hydrogen (secondary N) is 2. The summed E-state index contributed by atoms with van der Waals surface area (Å²) in [6.45, 7) is 1.78. The average molecular weight is 680 g/mol. The summed E-state index contributed by atoms with van der Waals surface area (Å²) in [4.78, 5) is 76.3. The number of carbonyl (C=O) groups is 3. The van der Waals surface area contributed by atoms with Gasteiger partial charge in [-0.25, -0.2) is 0 Å². The first-order valence-corrected chi connectivity index (χ1v) is 18.9. The minimum absolute atomic E-state index is 0.0117. The molecule has 252 valence electrons. The number of hydrogen-bond acceptors (Lipinski definition) is 6. The normalized spacial score (nSPS) is 18.3. The standard InChI is InChI=1S/C31H43N3O10P2/c1-19(35)33-27(15-20-11-13-22(14-12-20)31(45(38,39)40)46(41,42)43)30(37)34-26-10-6-5-9-23-16-28(25(29(32)36)17-24(23)26)44-18-21-7-3-2-4-8-21/h11-14,16-17,21,26-27,31H,2-10,15,18H2,1H3,(H2,32,36)(H,33,35)(H,34,37)(H2,38,39,40)(H2,41,42,43)/t26-,27-/m0/s1. The van der Waals surface area contributed by atoms with Crippen molar-refractivity contribution in [2.75, 3.05) is 6.61 Å². The molecule has 46 heavy (non-hydrogen) atoms. The Morgan fingerprint density at radius 2 is 1.57 bits per heavy atom. The summed E-state index contributed by atoms with van der Waals surface area (Å²) in [7, 11) is -10.4. The molecule has 3 amide bonds. The summed E-state index contributed by atoms with van der Waals surface area (Å²) in [5.74, 6) is -0.699. The summed E-state index contributed by atoms with van der Waals surface area (Å²) in [6.07, 6.45) is 8.71. The van der Waals surface area contributed by atoms with Crippen LogP contribution in [0.3, 0.4) is 0 Å². The van der Waals surface area contributed by atoms with Crippen molar-refractivity contribution < 1.29 is 47.8 Å². The molecule has 0 saturated heterocycles. The third kappa shape index (κ3) is 9.50. The van der Waals surface area contributed by atoms with Gasteiger partial charge in [-0.1, -0.05) is 49.9 Å². The maximum atomic E-state index is 13.6. The lowest BCUT2D eigenvalue weighted by Crippen LogP contribution is -2.48. The second kappa shape index (κ2) is 15.2. The second-order valence-corrected chi connectivity index (χ2v) is 16.1. The monoisotopic (exact) mass is 679 g/mol. The highest BCUT2D eigenvalue weighted by Gasteiger charge is 2.44.